The summed E-state index contributed by atoms with van der Waals surface area (Å²) in [5.41, 5.74) is 4.10. The van der Waals surface area contributed by atoms with Crippen LogP contribution in [-0.4, -0.2) is 13.2 Å². The molecule has 0 spiro atoms. The van der Waals surface area contributed by atoms with Crippen LogP contribution in [0.4, 0.5) is 0 Å². The monoisotopic (exact) mass is 265 g/mol. The average Bonchev–Trinajstić information content (AvgIpc) is 2.64. The molecule has 0 fully saturated rings. The van der Waals surface area contributed by atoms with Gasteiger partial charge in [-0.05, 0) is 31.3 Å². The summed E-state index contributed by atoms with van der Waals surface area (Å²) in [6, 6.07) is 6.53. The van der Waals surface area contributed by atoms with Crippen LogP contribution in [0.2, 0.25) is 0 Å². The van der Waals surface area contributed by atoms with Crippen LogP contribution in [0.25, 0.3) is 5.57 Å². The van der Waals surface area contributed by atoms with Crippen molar-refractivity contribution in [3.63, 3.8) is 0 Å². The van der Waals surface area contributed by atoms with E-state index in [1.54, 1.807) is 0 Å². The summed E-state index contributed by atoms with van der Waals surface area (Å²) in [4.78, 5) is 0. The van der Waals surface area contributed by atoms with Crippen LogP contribution in [-0.2, 0) is 6.54 Å². The number of rotatable bonds is 1. The first-order chi connectivity index (χ1) is 8.45. The van der Waals surface area contributed by atoms with Crippen molar-refractivity contribution in [1.82, 2.24) is 5.32 Å². The van der Waals surface area contributed by atoms with Crippen molar-refractivity contribution in [1.29, 1.82) is 0 Å². The van der Waals surface area contributed by atoms with E-state index >= 15 is 0 Å². The fourth-order valence-electron chi connectivity index (χ4n) is 2.68. The lowest BCUT2D eigenvalue weighted by Gasteiger charge is -2.18. The smallest absolute Gasteiger partial charge is 0.131 e. The second-order valence-corrected chi connectivity index (χ2v) is 4.79. The van der Waals surface area contributed by atoms with Gasteiger partial charge in [0.15, 0.2) is 0 Å². The minimum absolute atomic E-state index is 0. The van der Waals surface area contributed by atoms with Gasteiger partial charge in [0.25, 0.3) is 0 Å². The van der Waals surface area contributed by atoms with E-state index in [1.807, 2.05) is 0 Å². The van der Waals surface area contributed by atoms with E-state index in [0.29, 0.717) is 0 Å². The summed E-state index contributed by atoms with van der Waals surface area (Å²) in [6.07, 6.45) is 7.46. The minimum Gasteiger partial charge on any atom is -0.491 e. The van der Waals surface area contributed by atoms with Crippen molar-refractivity contribution in [3.8, 4) is 5.75 Å². The SMILES string of the molecule is C1=C(c2cccc3c2OCCNC3)CCCC1.Cl. The summed E-state index contributed by atoms with van der Waals surface area (Å²) >= 11 is 0. The molecule has 98 valence electrons. The van der Waals surface area contributed by atoms with E-state index in [4.69, 9.17) is 4.74 Å². The fourth-order valence-corrected chi connectivity index (χ4v) is 2.68. The molecule has 0 unspecified atom stereocenters. The van der Waals surface area contributed by atoms with Crippen molar-refractivity contribution in [2.75, 3.05) is 13.2 Å². The molecule has 0 amide bonds. The maximum absolute atomic E-state index is 5.93. The lowest BCUT2D eigenvalue weighted by molar-refractivity contribution is 0.324. The van der Waals surface area contributed by atoms with Gasteiger partial charge in [-0.1, -0.05) is 24.3 Å². The van der Waals surface area contributed by atoms with Gasteiger partial charge in [0.1, 0.15) is 12.4 Å². The van der Waals surface area contributed by atoms with E-state index in [0.717, 1.165) is 25.4 Å². The highest BCUT2D eigenvalue weighted by Crippen LogP contribution is 2.35. The van der Waals surface area contributed by atoms with E-state index in [-0.39, 0.29) is 12.4 Å². The number of ether oxygens (including phenoxy) is 1. The van der Waals surface area contributed by atoms with E-state index in [2.05, 4.69) is 29.6 Å². The molecule has 1 heterocycles. The Labute approximate surface area is 115 Å². The van der Waals surface area contributed by atoms with E-state index < -0.39 is 0 Å². The molecular formula is C15H20ClNO. The largest absolute Gasteiger partial charge is 0.491 e. The predicted octanol–water partition coefficient (Wildman–Crippen LogP) is 3.55. The lowest BCUT2D eigenvalue weighted by Crippen LogP contribution is -2.16. The molecular weight excluding hydrogens is 246 g/mol. The fraction of sp³-hybridized carbons (Fsp3) is 0.467. The zero-order valence-corrected chi connectivity index (χ0v) is 11.4. The molecule has 18 heavy (non-hydrogen) atoms. The van der Waals surface area contributed by atoms with Crippen LogP contribution in [0.1, 0.15) is 36.8 Å². The number of para-hydroxylation sites is 1. The molecule has 3 rings (SSSR count). The molecule has 0 atom stereocenters. The predicted molar refractivity (Wildman–Crippen MR) is 77.3 cm³/mol. The van der Waals surface area contributed by atoms with Crippen LogP contribution in [0.5, 0.6) is 5.75 Å². The van der Waals surface area contributed by atoms with Gasteiger partial charge in [0.2, 0.25) is 0 Å². The standard InChI is InChI=1S/C15H19NO.ClH/c1-2-5-12(6-3-1)14-8-4-7-13-11-16-9-10-17-15(13)14;/h4-5,7-8,16H,1-3,6,9-11H2;1H. The number of fused-ring (bicyclic) bond motifs is 1. The van der Waals surface area contributed by atoms with Crippen LogP contribution in [0.3, 0.4) is 0 Å². The molecule has 0 radical (unpaired) electrons. The number of hydrogen-bond donors (Lipinski definition) is 1. The molecule has 1 aromatic carbocycles. The third-order valence-corrected chi connectivity index (χ3v) is 3.57. The quantitative estimate of drug-likeness (QED) is 0.839. The lowest BCUT2D eigenvalue weighted by atomic mass is 9.92. The molecule has 2 nitrogen and oxygen atoms in total. The van der Waals surface area contributed by atoms with Crippen molar-refractivity contribution in [2.24, 2.45) is 0 Å². The Kier molecular flexibility index (Phi) is 4.67. The molecule has 0 saturated carbocycles. The summed E-state index contributed by atoms with van der Waals surface area (Å²) < 4.78 is 5.93. The Balaban J connectivity index is 0.00000120. The maximum atomic E-state index is 5.93. The number of halogens is 1. The van der Waals surface area contributed by atoms with Gasteiger partial charge in [-0.2, -0.15) is 0 Å². The Morgan fingerprint density at radius 3 is 2.94 bits per heavy atom. The van der Waals surface area contributed by atoms with Gasteiger partial charge in [-0.15, -0.1) is 12.4 Å². The minimum atomic E-state index is 0. The highest BCUT2D eigenvalue weighted by Gasteiger charge is 2.16. The second-order valence-electron chi connectivity index (χ2n) is 4.79. The number of allylic oxidation sites excluding steroid dienone is 2. The van der Waals surface area contributed by atoms with Gasteiger partial charge >= 0.3 is 0 Å². The van der Waals surface area contributed by atoms with Gasteiger partial charge in [-0.25, -0.2) is 0 Å². The van der Waals surface area contributed by atoms with Crippen LogP contribution in [0, 0.1) is 0 Å². The molecule has 0 saturated heterocycles. The summed E-state index contributed by atoms with van der Waals surface area (Å²) in [5.74, 6) is 1.12. The third kappa shape index (κ3) is 2.70. The topological polar surface area (TPSA) is 21.3 Å². The second kappa shape index (κ2) is 6.26. The molecule has 1 aliphatic heterocycles. The molecule has 0 bridgehead atoms. The zero-order chi connectivity index (χ0) is 11.5. The number of nitrogens with one attached hydrogen (secondary N) is 1. The first-order valence-corrected chi connectivity index (χ1v) is 6.60. The van der Waals surface area contributed by atoms with Crippen molar-refractivity contribution in [2.45, 2.75) is 32.2 Å². The van der Waals surface area contributed by atoms with Gasteiger partial charge in [0, 0.05) is 24.2 Å². The molecule has 0 aromatic heterocycles. The number of hydrogen-bond acceptors (Lipinski definition) is 2. The van der Waals surface area contributed by atoms with E-state index in [1.165, 1.54) is 42.4 Å². The van der Waals surface area contributed by atoms with Crippen molar-refractivity contribution in [3.05, 3.63) is 35.4 Å². The van der Waals surface area contributed by atoms with Gasteiger partial charge in [-0.3, -0.25) is 0 Å². The Morgan fingerprint density at radius 2 is 2.11 bits per heavy atom. The van der Waals surface area contributed by atoms with Crippen LogP contribution >= 0.6 is 12.4 Å². The van der Waals surface area contributed by atoms with Crippen molar-refractivity contribution >= 4 is 18.0 Å². The Morgan fingerprint density at radius 1 is 1.17 bits per heavy atom. The first kappa shape index (κ1) is 13.4. The van der Waals surface area contributed by atoms with Crippen molar-refractivity contribution < 1.29 is 4.74 Å². The summed E-state index contributed by atoms with van der Waals surface area (Å²) in [6.45, 7) is 2.64. The first-order valence-electron chi connectivity index (χ1n) is 6.60. The van der Waals surface area contributed by atoms with E-state index in [9.17, 15) is 0 Å². The van der Waals surface area contributed by atoms with Gasteiger partial charge in [0.05, 0.1) is 0 Å². The van der Waals surface area contributed by atoms with Crippen LogP contribution < -0.4 is 10.1 Å². The molecule has 2 aliphatic rings. The van der Waals surface area contributed by atoms with Crippen LogP contribution in [0.15, 0.2) is 24.3 Å². The highest BCUT2D eigenvalue weighted by molar-refractivity contribution is 5.85. The zero-order valence-electron chi connectivity index (χ0n) is 10.6. The average molecular weight is 266 g/mol. The Bertz CT molecular complexity index is 442. The molecule has 1 aliphatic carbocycles. The normalized spacial score (nSPS) is 18.8. The summed E-state index contributed by atoms with van der Waals surface area (Å²) in [7, 11) is 0. The van der Waals surface area contributed by atoms with Gasteiger partial charge < -0.3 is 10.1 Å². The Hall–Kier alpha value is -0.990. The summed E-state index contributed by atoms with van der Waals surface area (Å²) in [5, 5.41) is 3.39. The highest BCUT2D eigenvalue weighted by atomic mass is 35.5. The third-order valence-electron chi connectivity index (χ3n) is 3.57. The maximum Gasteiger partial charge on any atom is 0.131 e. The molecule has 1 N–H and O–H groups in total. The molecule has 1 aromatic rings. The molecule has 3 heteroatoms. The number of benzene rings is 1.